The van der Waals surface area contributed by atoms with E-state index in [2.05, 4.69) is 37.6 Å². The Morgan fingerprint density at radius 2 is 1.94 bits per heavy atom. The predicted octanol–water partition coefficient (Wildman–Crippen LogP) is 3.95. The van der Waals surface area contributed by atoms with Crippen molar-refractivity contribution in [3.05, 3.63) is 48.6 Å². The summed E-state index contributed by atoms with van der Waals surface area (Å²) in [7, 11) is 0. The van der Waals surface area contributed by atoms with Crippen LogP contribution in [0.2, 0.25) is 0 Å². The van der Waals surface area contributed by atoms with E-state index in [0.29, 0.717) is 11.8 Å². The number of rotatable bonds is 6. The van der Waals surface area contributed by atoms with Crippen LogP contribution in [-0.2, 0) is 0 Å². The van der Waals surface area contributed by atoms with Gasteiger partial charge in [-0.2, -0.15) is 0 Å². The van der Waals surface area contributed by atoms with E-state index in [1.807, 2.05) is 30.5 Å². The lowest BCUT2D eigenvalue weighted by Crippen LogP contribution is -2.11. The summed E-state index contributed by atoms with van der Waals surface area (Å²) in [4.78, 5) is 4.51. The first-order valence-corrected chi connectivity index (χ1v) is 5.89. The SMILES string of the molecule is C=CCC(CN=Cc1ccccc1)C(C)C. The number of allylic oxidation sites excluding steroid dienone is 1. The molecule has 1 unspecified atom stereocenters. The van der Waals surface area contributed by atoms with Crippen LogP contribution in [0.5, 0.6) is 0 Å². The molecule has 0 heterocycles. The second-order valence-electron chi connectivity index (χ2n) is 4.43. The molecule has 0 aliphatic heterocycles. The van der Waals surface area contributed by atoms with Crippen LogP contribution in [0.4, 0.5) is 0 Å². The Labute approximate surface area is 98.9 Å². The van der Waals surface area contributed by atoms with Gasteiger partial charge in [-0.3, -0.25) is 4.99 Å². The zero-order valence-electron chi connectivity index (χ0n) is 10.3. The average Bonchev–Trinajstić information content (AvgIpc) is 2.29. The van der Waals surface area contributed by atoms with Crippen LogP contribution in [-0.4, -0.2) is 12.8 Å². The molecule has 1 rings (SSSR count). The van der Waals surface area contributed by atoms with Crippen LogP contribution >= 0.6 is 0 Å². The summed E-state index contributed by atoms with van der Waals surface area (Å²) >= 11 is 0. The lowest BCUT2D eigenvalue weighted by atomic mass is 9.93. The zero-order valence-corrected chi connectivity index (χ0v) is 10.3. The van der Waals surface area contributed by atoms with Gasteiger partial charge in [-0.1, -0.05) is 50.3 Å². The zero-order chi connectivity index (χ0) is 11.8. The van der Waals surface area contributed by atoms with E-state index in [4.69, 9.17) is 0 Å². The van der Waals surface area contributed by atoms with Crippen molar-refractivity contribution in [3.63, 3.8) is 0 Å². The van der Waals surface area contributed by atoms with E-state index in [1.165, 1.54) is 5.56 Å². The van der Waals surface area contributed by atoms with Crippen molar-refractivity contribution in [2.24, 2.45) is 16.8 Å². The maximum absolute atomic E-state index is 4.51. The number of hydrogen-bond donors (Lipinski definition) is 0. The molecule has 0 radical (unpaired) electrons. The van der Waals surface area contributed by atoms with Crippen molar-refractivity contribution in [1.29, 1.82) is 0 Å². The first kappa shape index (κ1) is 12.7. The summed E-state index contributed by atoms with van der Waals surface area (Å²) in [6.07, 6.45) is 4.99. The summed E-state index contributed by atoms with van der Waals surface area (Å²) in [6.45, 7) is 9.17. The highest BCUT2D eigenvalue weighted by Crippen LogP contribution is 2.15. The van der Waals surface area contributed by atoms with Gasteiger partial charge in [0.15, 0.2) is 0 Å². The van der Waals surface area contributed by atoms with Crippen LogP contribution in [0.15, 0.2) is 48.0 Å². The second-order valence-corrected chi connectivity index (χ2v) is 4.43. The van der Waals surface area contributed by atoms with Crippen molar-refractivity contribution >= 4 is 6.21 Å². The summed E-state index contributed by atoms with van der Waals surface area (Å²) in [5.74, 6) is 1.27. The van der Waals surface area contributed by atoms with Gasteiger partial charge in [-0.25, -0.2) is 0 Å². The Hall–Kier alpha value is -1.37. The highest BCUT2D eigenvalue weighted by atomic mass is 14.7. The number of nitrogens with zero attached hydrogens (tertiary/aromatic N) is 1. The third-order valence-corrected chi connectivity index (χ3v) is 2.79. The van der Waals surface area contributed by atoms with Crippen LogP contribution < -0.4 is 0 Å². The minimum absolute atomic E-state index is 0.609. The minimum Gasteiger partial charge on any atom is -0.292 e. The smallest absolute Gasteiger partial charge is 0.0423 e. The Morgan fingerprint density at radius 3 is 2.50 bits per heavy atom. The molecule has 0 saturated carbocycles. The van der Waals surface area contributed by atoms with Gasteiger partial charge < -0.3 is 0 Å². The molecule has 0 amide bonds. The summed E-state index contributed by atoms with van der Waals surface area (Å²) in [5, 5.41) is 0. The van der Waals surface area contributed by atoms with Crippen LogP contribution in [0.3, 0.4) is 0 Å². The van der Waals surface area contributed by atoms with Gasteiger partial charge in [0.2, 0.25) is 0 Å². The van der Waals surface area contributed by atoms with Gasteiger partial charge in [0.1, 0.15) is 0 Å². The molecule has 0 N–H and O–H groups in total. The quantitative estimate of drug-likeness (QED) is 0.503. The number of benzene rings is 1. The largest absolute Gasteiger partial charge is 0.292 e. The lowest BCUT2D eigenvalue weighted by molar-refractivity contribution is 0.400. The fourth-order valence-corrected chi connectivity index (χ4v) is 1.60. The fraction of sp³-hybridized carbons (Fsp3) is 0.400. The van der Waals surface area contributed by atoms with E-state index >= 15 is 0 Å². The Kier molecular flexibility index (Phi) is 5.55. The maximum Gasteiger partial charge on any atom is 0.0423 e. The molecule has 0 bridgehead atoms. The molecule has 16 heavy (non-hydrogen) atoms. The molecule has 1 heteroatoms. The summed E-state index contributed by atoms with van der Waals surface area (Å²) in [5.41, 5.74) is 1.17. The molecule has 1 atom stereocenters. The van der Waals surface area contributed by atoms with Crippen LogP contribution in [0.1, 0.15) is 25.8 Å². The molecule has 0 fully saturated rings. The van der Waals surface area contributed by atoms with E-state index < -0.39 is 0 Å². The molecule has 1 nitrogen and oxygen atoms in total. The predicted molar refractivity (Wildman–Crippen MR) is 72.0 cm³/mol. The lowest BCUT2D eigenvalue weighted by Gasteiger charge is -2.16. The molecule has 0 aliphatic carbocycles. The third-order valence-electron chi connectivity index (χ3n) is 2.79. The van der Waals surface area contributed by atoms with E-state index in [0.717, 1.165) is 13.0 Å². The highest BCUT2D eigenvalue weighted by molar-refractivity contribution is 5.79. The van der Waals surface area contributed by atoms with Crippen LogP contribution in [0.25, 0.3) is 0 Å². The van der Waals surface area contributed by atoms with Crippen molar-refractivity contribution in [1.82, 2.24) is 0 Å². The average molecular weight is 215 g/mol. The van der Waals surface area contributed by atoms with E-state index in [-0.39, 0.29) is 0 Å². The van der Waals surface area contributed by atoms with Gasteiger partial charge in [0.25, 0.3) is 0 Å². The highest BCUT2D eigenvalue weighted by Gasteiger charge is 2.09. The minimum atomic E-state index is 0.609. The summed E-state index contributed by atoms with van der Waals surface area (Å²) in [6, 6.07) is 10.2. The Balaban J connectivity index is 2.48. The van der Waals surface area contributed by atoms with Crippen LogP contribution in [0, 0.1) is 11.8 Å². The van der Waals surface area contributed by atoms with Crippen molar-refractivity contribution in [2.45, 2.75) is 20.3 Å². The topological polar surface area (TPSA) is 12.4 Å². The fourth-order valence-electron chi connectivity index (χ4n) is 1.60. The molecule has 0 saturated heterocycles. The van der Waals surface area contributed by atoms with Gasteiger partial charge in [-0.05, 0) is 23.8 Å². The number of aliphatic imine (C=N–C) groups is 1. The second kappa shape index (κ2) is 7.00. The molecule has 86 valence electrons. The molecule has 0 aromatic heterocycles. The summed E-state index contributed by atoms with van der Waals surface area (Å²) < 4.78 is 0. The standard InChI is InChI=1S/C15H21N/c1-4-8-15(13(2)3)12-16-11-14-9-6-5-7-10-14/h4-7,9-11,13,15H,1,8,12H2,2-3H3. The van der Waals surface area contributed by atoms with Gasteiger partial charge >= 0.3 is 0 Å². The van der Waals surface area contributed by atoms with Gasteiger partial charge in [0, 0.05) is 12.8 Å². The first-order chi connectivity index (χ1) is 7.74. The van der Waals surface area contributed by atoms with Crippen molar-refractivity contribution in [2.75, 3.05) is 6.54 Å². The van der Waals surface area contributed by atoms with E-state index in [9.17, 15) is 0 Å². The molecule has 0 spiro atoms. The molecule has 1 aromatic carbocycles. The Bertz CT molecular complexity index is 325. The van der Waals surface area contributed by atoms with Gasteiger partial charge in [0.05, 0.1) is 0 Å². The van der Waals surface area contributed by atoms with Gasteiger partial charge in [-0.15, -0.1) is 6.58 Å². The number of hydrogen-bond acceptors (Lipinski definition) is 1. The molecular weight excluding hydrogens is 194 g/mol. The monoisotopic (exact) mass is 215 g/mol. The molecular formula is C15H21N. The van der Waals surface area contributed by atoms with Crippen molar-refractivity contribution < 1.29 is 0 Å². The third kappa shape index (κ3) is 4.43. The maximum atomic E-state index is 4.51. The molecule has 1 aromatic rings. The molecule has 0 aliphatic rings. The normalized spacial score (nSPS) is 13.2. The van der Waals surface area contributed by atoms with Crippen molar-refractivity contribution in [3.8, 4) is 0 Å². The Morgan fingerprint density at radius 1 is 1.25 bits per heavy atom. The first-order valence-electron chi connectivity index (χ1n) is 5.89. The van der Waals surface area contributed by atoms with E-state index in [1.54, 1.807) is 0 Å².